The minimum Gasteiger partial charge on any atom is -0.355 e. The molecule has 0 aliphatic heterocycles. The Labute approximate surface area is 109 Å². The number of carbonyl (C=O) groups excluding carboxylic acids is 1. The fraction of sp³-hybridized carbons (Fsp3) is 0.545. The van der Waals surface area contributed by atoms with Crippen LogP contribution < -0.4 is 10.6 Å². The first-order valence-electron chi connectivity index (χ1n) is 5.28. The molecule has 0 aliphatic carbocycles. The third kappa shape index (κ3) is 5.63. The standard InChI is InChI=1S/C11H17BrN2OS/c1-8(2)4-14-11(15)6-13-5-9-3-10(12)16-7-9/h3,7-8,13H,4-6H2,1-2H3,(H,14,15). The third-order valence-electron chi connectivity index (χ3n) is 1.94. The van der Waals surface area contributed by atoms with Gasteiger partial charge in [0, 0.05) is 13.1 Å². The van der Waals surface area contributed by atoms with Gasteiger partial charge in [0.2, 0.25) is 5.91 Å². The van der Waals surface area contributed by atoms with E-state index in [-0.39, 0.29) is 5.91 Å². The number of hydrogen-bond acceptors (Lipinski definition) is 3. The molecule has 1 amide bonds. The van der Waals surface area contributed by atoms with Crippen molar-refractivity contribution in [1.82, 2.24) is 10.6 Å². The molecule has 0 unspecified atom stereocenters. The van der Waals surface area contributed by atoms with Crippen LogP contribution in [0.25, 0.3) is 0 Å². The van der Waals surface area contributed by atoms with Crippen LogP contribution >= 0.6 is 27.3 Å². The van der Waals surface area contributed by atoms with Crippen LogP contribution in [0.1, 0.15) is 19.4 Å². The first-order valence-corrected chi connectivity index (χ1v) is 6.95. The highest BCUT2D eigenvalue weighted by atomic mass is 79.9. The Morgan fingerprint density at radius 1 is 1.56 bits per heavy atom. The van der Waals surface area contributed by atoms with Crippen molar-refractivity contribution in [2.24, 2.45) is 5.92 Å². The zero-order valence-electron chi connectivity index (χ0n) is 9.55. The summed E-state index contributed by atoms with van der Waals surface area (Å²) in [5.41, 5.74) is 1.20. The van der Waals surface area contributed by atoms with Crippen molar-refractivity contribution in [1.29, 1.82) is 0 Å². The number of halogens is 1. The van der Waals surface area contributed by atoms with E-state index in [4.69, 9.17) is 0 Å². The van der Waals surface area contributed by atoms with Gasteiger partial charge in [-0.05, 0) is 38.9 Å². The first kappa shape index (κ1) is 13.7. The maximum Gasteiger partial charge on any atom is 0.233 e. The van der Waals surface area contributed by atoms with Gasteiger partial charge in [-0.3, -0.25) is 4.79 Å². The summed E-state index contributed by atoms with van der Waals surface area (Å²) in [7, 11) is 0. The second kappa shape index (κ2) is 7.04. The molecule has 0 aliphatic rings. The highest BCUT2D eigenvalue weighted by Gasteiger charge is 2.02. The summed E-state index contributed by atoms with van der Waals surface area (Å²) in [6.07, 6.45) is 0. The van der Waals surface area contributed by atoms with E-state index >= 15 is 0 Å². The van der Waals surface area contributed by atoms with Gasteiger partial charge in [-0.15, -0.1) is 11.3 Å². The molecule has 5 heteroatoms. The third-order valence-corrected chi connectivity index (χ3v) is 3.50. The summed E-state index contributed by atoms with van der Waals surface area (Å²) in [5.74, 6) is 0.555. The highest BCUT2D eigenvalue weighted by molar-refractivity contribution is 9.11. The van der Waals surface area contributed by atoms with Crippen LogP contribution in [0, 0.1) is 5.92 Å². The van der Waals surface area contributed by atoms with Crippen molar-refractivity contribution in [2.75, 3.05) is 13.1 Å². The van der Waals surface area contributed by atoms with Gasteiger partial charge < -0.3 is 10.6 Å². The molecule has 1 aromatic rings. The molecule has 0 atom stereocenters. The zero-order valence-corrected chi connectivity index (χ0v) is 12.0. The van der Waals surface area contributed by atoms with Crippen LogP contribution in [0.4, 0.5) is 0 Å². The van der Waals surface area contributed by atoms with Crippen molar-refractivity contribution in [3.05, 3.63) is 20.8 Å². The topological polar surface area (TPSA) is 41.1 Å². The smallest absolute Gasteiger partial charge is 0.233 e. The minimum atomic E-state index is 0.0583. The van der Waals surface area contributed by atoms with E-state index in [0.717, 1.165) is 16.9 Å². The quantitative estimate of drug-likeness (QED) is 0.847. The summed E-state index contributed by atoms with van der Waals surface area (Å²) in [6.45, 7) is 6.01. The van der Waals surface area contributed by atoms with Crippen LogP contribution in [0.15, 0.2) is 15.2 Å². The molecule has 2 N–H and O–H groups in total. The van der Waals surface area contributed by atoms with Gasteiger partial charge in [-0.25, -0.2) is 0 Å². The van der Waals surface area contributed by atoms with E-state index in [2.05, 4.69) is 51.9 Å². The maximum absolute atomic E-state index is 11.4. The molecule has 0 aromatic carbocycles. The molecule has 90 valence electrons. The predicted octanol–water partition coefficient (Wildman–Crippen LogP) is 2.37. The fourth-order valence-corrected chi connectivity index (χ4v) is 2.35. The fourth-order valence-electron chi connectivity index (χ4n) is 1.14. The molecule has 0 saturated carbocycles. The lowest BCUT2D eigenvalue weighted by atomic mass is 10.2. The number of thiophene rings is 1. The first-order chi connectivity index (χ1) is 7.58. The highest BCUT2D eigenvalue weighted by Crippen LogP contribution is 2.20. The Morgan fingerprint density at radius 2 is 2.31 bits per heavy atom. The lowest BCUT2D eigenvalue weighted by Gasteiger charge is -2.07. The van der Waals surface area contributed by atoms with E-state index < -0.39 is 0 Å². The van der Waals surface area contributed by atoms with Crippen molar-refractivity contribution in [3.8, 4) is 0 Å². The van der Waals surface area contributed by atoms with Crippen molar-refractivity contribution in [3.63, 3.8) is 0 Å². The SMILES string of the molecule is CC(C)CNC(=O)CNCc1csc(Br)c1. The van der Waals surface area contributed by atoms with Crippen LogP contribution in [0.2, 0.25) is 0 Å². The molecule has 1 heterocycles. The van der Waals surface area contributed by atoms with Gasteiger partial charge in [-0.2, -0.15) is 0 Å². The largest absolute Gasteiger partial charge is 0.355 e. The van der Waals surface area contributed by atoms with E-state index in [0.29, 0.717) is 12.5 Å². The number of nitrogens with one attached hydrogen (secondary N) is 2. The maximum atomic E-state index is 11.4. The lowest BCUT2D eigenvalue weighted by molar-refractivity contribution is -0.120. The summed E-state index contributed by atoms with van der Waals surface area (Å²) in [4.78, 5) is 11.4. The van der Waals surface area contributed by atoms with Crippen molar-refractivity contribution in [2.45, 2.75) is 20.4 Å². The average molecular weight is 305 g/mol. The molecule has 0 saturated heterocycles. The van der Waals surface area contributed by atoms with E-state index in [1.165, 1.54) is 5.56 Å². The second-order valence-corrected chi connectivity index (χ2v) is 6.35. The van der Waals surface area contributed by atoms with Crippen LogP contribution in [-0.4, -0.2) is 19.0 Å². The molecule has 0 radical (unpaired) electrons. The molecule has 1 aromatic heterocycles. The number of amides is 1. The zero-order chi connectivity index (χ0) is 12.0. The van der Waals surface area contributed by atoms with Gasteiger partial charge in [-0.1, -0.05) is 13.8 Å². The monoisotopic (exact) mass is 304 g/mol. The molecule has 3 nitrogen and oxygen atoms in total. The molecule has 0 bridgehead atoms. The van der Waals surface area contributed by atoms with E-state index in [1.54, 1.807) is 11.3 Å². The molecule has 0 spiro atoms. The van der Waals surface area contributed by atoms with Gasteiger partial charge in [0.25, 0.3) is 0 Å². The van der Waals surface area contributed by atoms with Gasteiger partial charge >= 0.3 is 0 Å². The number of hydrogen-bond donors (Lipinski definition) is 2. The normalized spacial score (nSPS) is 10.8. The predicted molar refractivity (Wildman–Crippen MR) is 71.6 cm³/mol. The molecule has 16 heavy (non-hydrogen) atoms. The summed E-state index contributed by atoms with van der Waals surface area (Å²) in [6, 6.07) is 2.06. The Hall–Kier alpha value is -0.390. The Balaban J connectivity index is 2.13. The van der Waals surface area contributed by atoms with Crippen LogP contribution in [0.5, 0.6) is 0 Å². The Kier molecular flexibility index (Phi) is 6.01. The number of carbonyl (C=O) groups is 1. The summed E-state index contributed by atoms with van der Waals surface area (Å²) < 4.78 is 1.12. The van der Waals surface area contributed by atoms with E-state index in [9.17, 15) is 4.79 Å². The van der Waals surface area contributed by atoms with Crippen LogP contribution in [0.3, 0.4) is 0 Å². The Bertz CT molecular complexity index is 338. The molecule has 1 rings (SSSR count). The van der Waals surface area contributed by atoms with Gasteiger partial charge in [0.15, 0.2) is 0 Å². The lowest BCUT2D eigenvalue weighted by Crippen LogP contribution is -2.35. The molecule has 0 fully saturated rings. The Morgan fingerprint density at radius 3 is 2.88 bits per heavy atom. The van der Waals surface area contributed by atoms with Crippen LogP contribution in [-0.2, 0) is 11.3 Å². The molecular formula is C11H17BrN2OS. The van der Waals surface area contributed by atoms with Gasteiger partial charge in [0.1, 0.15) is 0 Å². The summed E-state index contributed by atoms with van der Waals surface area (Å²) >= 11 is 5.06. The summed E-state index contributed by atoms with van der Waals surface area (Å²) in [5, 5.41) is 8.05. The number of rotatable bonds is 6. The minimum absolute atomic E-state index is 0.0583. The van der Waals surface area contributed by atoms with Crippen molar-refractivity contribution < 1.29 is 4.79 Å². The second-order valence-electron chi connectivity index (χ2n) is 4.06. The molecular weight excluding hydrogens is 288 g/mol. The van der Waals surface area contributed by atoms with Gasteiger partial charge in [0.05, 0.1) is 10.3 Å². The average Bonchev–Trinajstić information content (AvgIpc) is 2.61. The van der Waals surface area contributed by atoms with E-state index in [1.807, 2.05) is 0 Å². The van der Waals surface area contributed by atoms with Crippen molar-refractivity contribution >= 4 is 33.2 Å².